The number of benzene rings is 4. The largest absolute Gasteiger partial charge is 0.377 e. The maximum absolute atomic E-state index is 15.1. The quantitative estimate of drug-likeness (QED) is 0.144. The molecule has 0 radical (unpaired) electrons. The number of rotatable bonds is 8. The molecule has 0 bridgehead atoms. The second-order valence-electron chi connectivity index (χ2n) is 16.8. The Balaban J connectivity index is 0.000000166. The van der Waals surface area contributed by atoms with Crippen molar-refractivity contribution in [3.8, 4) is 11.4 Å². The van der Waals surface area contributed by atoms with Gasteiger partial charge in [-0.05, 0) is 147 Å². The molecule has 16 heteroatoms. The van der Waals surface area contributed by atoms with Crippen molar-refractivity contribution < 1.29 is 27.8 Å². The van der Waals surface area contributed by atoms with E-state index in [0.29, 0.717) is 61.0 Å². The van der Waals surface area contributed by atoms with Gasteiger partial charge in [0.1, 0.15) is 22.8 Å². The van der Waals surface area contributed by atoms with E-state index in [2.05, 4.69) is 30.1 Å². The number of aromatic nitrogens is 10. The Morgan fingerprint density at radius 3 is 1.32 bits per heavy atom. The van der Waals surface area contributed by atoms with Gasteiger partial charge in [-0.15, -0.1) is 10.2 Å². The molecule has 10 rings (SSSR count). The summed E-state index contributed by atoms with van der Waals surface area (Å²) in [7, 11) is 0. The minimum absolute atomic E-state index is 0.0839. The van der Waals surface area contributed by atoms with Crippen LogP contribution in [-0.4, -0.2) is 58.8 Å². The molecular formula is C50H46F4N10O2. The standard InChI is InChI=1S/2C25H23F2N5O/c2*1-16-12-18(4-9-22(16)31-14-17(2)28-15-31)13-21(27)23-29-24-25(33,10-3-11-32(24)30-23)19-5-7-20(26)8-6-19/h2*4-9,12-15,33H,3,10-11H2,1-2H3/b2*21-13-/t2*25-/m10/s1. The molecule has 12 nitrogen and oxygen atoms in total. The fourth-order valence-corrected chi connectivity index (χ4v) is 8.65. The van der Waals surface area contributed by atoms with E-state index in [0.717, 1.165) is 33.9 Å². The molecule has 336 valence electrons. The minimum atomic E-state index is -1.45. The van der Waals surface area contributed by atoms with Crippen LogP contribution in [0.3, 0.4) is 0 Å². The highest BCUT2D eigenvalue weighted by atomic mass is 19.1. The van der Waals surface area contributed by atoms with Gasteiger partial charge in [-0.3, -0.25) is 0 Å². The van der Waals surface area contributed by atoms with E-state index in [1.54, 1.807) is 12.7 Å². The summed E-state index contributed by atoms with van der Waals surface area (Å²) in [6, 6.07) is 22.5. The lowest BCUT2D eigenvalue weighted by atomic mass is 9.86. The van der Waals surface area contributed by atoms with Gasteiger partial charge in [0.25, 0.3) is 0 Å². The van der Waals surface area contributed by atoms with Crippen molar-refractivity contribution in [2.45, 2.75) is 77.7 Å². The summed E-state index contributed by atoms with van der Waals surface area (Å²) in [4.78, 5) is 17.2. The Bertz CT molecular complexity index is 2920. The van der Waals surface area contributed by atoms with Crippen molar-refractivity contribution in [2.24, 2.45) is 0 Å². The molecule has 2 aliphatic heterocycles. The Hall–Kier alpha value is -7.30. The van der Waals surface area contributed by atoms with Crippen molar-refractivity contribution in [3.63, 3.8) is 0 Å². The summed E-state index contributed by atoms with van der Waals surface area (Å²) in [6.07, 6.45) is 12.2. The first-order valence-electron chi connectivity index (χ1n) is 21.5. The van der Waals surface area contributed by atoms with Crippen LogP contribution in [0.25, 0.3) is 35.2 Å². The van der Waals surface area contributed by atoms with E-state index in [-0.39, 0.29) is 23.3 Å². The highest BCUT2D eigenvalue weighted by Gasteiger charge is 2.41. The van der Waals surface area contributed by atoms with Gasteiger partial charge in [0.05, 0.1) is 24.0 Å². The van der Waals surface area contributed by atoms with Gasteiger partial charge < -0.3 is 19.3 Å². The highest BCUT2D eigenvalue weighted by molar-refractivity contribution is 5.75. The van der Waals surface area contributed by atoms with E-state index in [1.165, 1.54) is 70.0 Å². The first kappa shape index (κ1) is 43.9. The van der Waals surface area contributed by atoms with Crippen LogP contribution in [-0.2, 0) is 24.3 Å². The minimum Gasteiger partial charge on any atom is -0.377 e. The number of fused-ring (bicyclic) bond motifs is 2. The molecule has 0 amide bonds. The topological polar surface area (TPSA) is 138 Å². The average Bonchev–Trinajstić information content (AvgIpc) is 4.12. The smallest absolute Gasteiger partial charge is 0.210 e. The van der Waals surface area contributed by atoms with Gasteiger partial charge in [0.2, 0.25) is 11.6 Å². The van der Waals surface area contributed by atoms with Crippen LogP contribution < -0.4 is 0 Å². The lowest BCUT2D eigenvalue weighted by molar-refractivity contribution is 0.0392. The Morgan fingerprint density at radius 2 is 0.970 bits per heavy atom. The second-order valence-corrected chi connectivity index (χ2v) is 16.8. The summed E-state index contributed by atoms with van der Waals surface area (Å²) < 4.78 is 63.9. The lowest BCUT2D eigenvalue weighted by Gasteiger charge is -2.31. The van der Waals surface area contributed by atoms with Gasteiger partial charge in [-0.25, -0.2) is 46.9 Å². The summed E-state index contributed by atoms with van der Waals surface area (Å²) >= 11 is 0. The number of hydrogen-bond acceptors (Lipinski definition) is 8. The molecule has 2 N–H and O–H groups in total. The predicted molar refractivity (Wildman–Crippen MR) is 241 cm³/mol. The molecule has 4 aromatic carbocycles. The monoisotopic (exact) mass is 894 g/mol. The fraction of sp³-hybridized carbons (Fsp3) is 0.240. The second kappa shape index (κ2) is 17.6. The van der Waals surface area contributed by atoms with Crippen LogP contribution in [0.5, 0.6) is 0 Å². The maximum atomic E-state index is 15.1. The molecule has 0 spiro atoms. The first-order valence-corrected chi connectivity index (χ1v) is 21.5. The van der Waals surface area contributed by atoms with Crippen LogP contribution in [0.2, 0.25) is 0 Å². The van der Waals surface area contributed by atoms with E-state index in [4.69, 9.17) is 0 Å². The highest BCUT2D eigenvalue weighted by Crippen LogP contribution is 2.39. The molecule has 8 aromatic rings. The zero-order valence-corrected chi connectivity index (χ0v) is 36.7. The molecule has 0 aliphatic carbocycles. The number of aryl methyl sites for hydroxylation is 6. The van der Waals surface area contributed by atoms with Crippen molar-refractivity contribution in [1.29, 1.82) is 0 Å². The molecule has 0 unspecified atom stereocenters. The van der Waals surface area contributed by atoms with Crippen LogP contribution in [0.1, 0.15) is 93.7 Å². The number of imidazole rings is 2. The van der Waals surface area contributed by atoms with Gasteiger partial charge in [-0.2, -0.15) is 0 Å². The third kappa shape index (κ3) is 8.64. The molecular weight excluding hydrogens is 849 g/mol. The molecule has 0 saturated carbocycles. The van der Waals surface area contributed by atoms with Crippen molar-refractivity contribution in [3.05, 3.63) is 190 Å². The van der Waals surface area contributed by atoms with Gasteiger partial charge in [-0.1, -0.05) is 36.4 Å². The van der Waals surface area contributed by atoms with Crippen LogP contribution in [0.15, 0.2) is 110 Å². The Morgan fingerprint density at radius 1 is 0.576 bits per heavy atom. The third-order valence-electron chi connectivity index (χ3n) is 12.0. The molecule has 0 saturated heterocycles. The van der Waals surface area contributed by atoms with Crippen molar-refractivity contribution in [2.75, 3.05) is 0 Å². The van der Waals surface area contributed by atoms with Crippen molar-refractivity contribution >= 4 is 23.8 Å². The number of hydrogen-bond donors (Lipinski definition) is 2. The number of nitrogens with zero attached hydrogens (tertiary/aromatic N) is 10. The Labute approximate surface area is 377 Å². The molecule has 2 aliphatic rings. The molecule has 4 aromatic heterocycles. The summed E-state index contributed by atoms with van der Waals surface area (Å²) in [5.74, 6) is -1.61. The third-order valence-corrected chi connectivity index (χ3v) is 12.0. The molecule has 2 atom stereocenters. The summed E-state index contributed by atoms with van der Waals surface area (Å²) in [5.41, 5.74) is 5.18. The van der Waals surface area contributed by atoms with Crippen molar-refractivity contribution in [1.82, 2.24) is 48.6 Å². The van der Waals surface area contributed by atoms with Crippen LogP contribution in [0, 0.1) is 39.3 Å². The fourth-order valence-electron chi connectivity index (χ4n) is 8.65. The van der Waals surface area contributed by atoms with E-state index < -0.39 is 34.5 Å². The average molecular weight is 895 g/mol. The SMILES string of the molecule is Cc1cn(-c2ccc(/C=C(\F)c3nc4n(n3)CCC[C@@]4(O)c3ccc(F)cc3)cc2C)cn1.Cc1cn(-c2ccc(/C=C(\F)c3nc4n(n3)CCC[C@]4(O)c3ccc(F)cc3)cc2C)cn1. The van der Waals surface area contributed by atoms with Gasteiger partial charge in [0, 0.05) is 36.9 Å². The molecule has 0 fully saturated rings. The van der Waals surface area contributed by atoms with E-state index >= 15 is 8.78 Å². The van der Waals surface area contributed by atoms with Crippen LogP contribution in [0.4, 0.5) is 17.6 Å². The molecule has 66 heavy (non-hydrogen) atoms. The van der Waals surface area contributed by atoms with Crippen LogP contribution >= 0.6 is 0 Å². The Kier molecular flexibility index (Phi) is 11.7. The van der Waals surface area contributed by atoms with Gasteiger partial charge in [0.15, 0.2) is 23.3 Å². The maximum Gasteiger partial charge on any atom is 0.210 e. The summed E-state index contributed by atoms with van der Waals surface area (Å²) in [6.45, 7) is 8.81. The predicted octanol–water partition coefficient (Wildman–Crippen LogP) is 9.43. The summed E-state index contributed by atoms with van der Waals surface area (Å²) in [5, 5.41) is 31.3. The normalized spacial score (nSPS) is 18.4. The lowest BCUT2D eigenvalue weighted by Crippen LogP contribution is -2.35. The molecule has 6 heterocycles. The number of aliphatic hydroxyl groups is 2. The zero-order valence-electron chi connectivity index (χ0n) is 36.7. The van der Waals surface area contributed by atoms with E-state index in [1.807, 2.05) is 85.6 Å². The van der Waals surface area contributed by atoms with Gasteiger partial charge >= 0.3 is 0 Å². The van der Waals surface area contributed by atoms with E-state index in [9.17, 15) is 19.0 Å². The number of halogens is 4. The zero-order chi connectivity index (χ0) is 46.3. The first-order chi connectivity index (χ1) is 31.7.